The van der Waals surface area contributed by atoms with Crippen LogP contribution in [0.15, 0.2) is 29.3 Å². The van der Waals surface area contributed by atoms with Crippen LogP contribution >= 0.6 is 0 Å². The van der Waals surface area contributed by atoms with E-state index in [4.69, 9.17) is 29.7 Å². The van der Waals surface area contributed by atoms with Crippen molar-refractivity contribution in [1.82, 2.24) is 20.4 Å². The number of guanidine groups is 1. The lowest BCUT2D eigenvalue weighted by molar-refractivity contribution is 0.0892. The summed E-state index contributed by atoms with van der Waals surface area (Å²) in [6, 6.07) is 6.43. The van der Waals surface area contributed by atoms with E-state index < -0.39 is 0 Å². The fraction of sp³-hybridized carbons (Fsp3) is 0.595. The predicted molar refractivity (Wildman–Crippen MR) is 217 cm³/mol. The van der Waals surface area contributed by atoms with Crippen LogP contribution in [-0.4, -0.2) is 121 Å². The number of hydrogen-bond donors (Lipinski definition) is 3. The van der Waals surface area contributed by atoms with E-state index in [-0.39, 0.29) is 58.4 Å². The third-order valence-electron chi connectivity index (χ3n) is 10.8. The molecule has 2 fully saturated rings. The fourth-order valence-corrected chi connectivity index (χ4v) is 7.78. The van der Waals surface area contributed by atoms with Crippen molar-refractivity contribution < 1.29 is 38.1 Å². The van der Waals surface area contributed by atoms with E-state index in [1.54, 1.807) is 12.1 Å². The van der Waals surface area contributed by atoms with Gasteiger partial charge in [0.2, 0.25) is 0 Å². The maximum Gasteiger partial charge on any atom is 0.255 e. The van der Waals surface area contributed by atoms with Crippen molar-refractivity contribution in [1.29, 1.82) is 0 Å². The molecule has 2 saturated carbocycles. The minimum atomic E-state index is -0.370. The summed E-state index contributed by atoms with van der Waals surface area (Å²) in [4.78, 5) is 63.0. The molecule has 14 nitrogen and oxygen atoms in total. The molecule has 2 aromatic carbocycles. The summed E-state index contributed by atoms with van der Waals surface area (Å²) in [7, 11) is 13.9. The number of nitrogens with two attached hydrogens (primary N) is 1. The summed E-state index contributed by atoms with van der Waals surface area (Å²) in [5.41, 5.74) is 6.79. The number of ether oxygens (including phenoxy) is 4. The van der Waals surface area contributed by atoms with Crippen molar-refractivity contribution in [3.63, 3.8) is 0 Å². The first kappa shape index (κ1) is 43.9. The standard InChI is InChI=1S/C42H62N6O8/c1-47(2)42(48(3)4)46-29-16-12-27(13-17-29)21-35(50)31-22-30(36(53-5)24-37(31)54-6)34(49)20-26-10-14-28(15-11-26)45-41(52)33-23-32(40(51)44-19-9-18-43)38(55-7)25-39(33)56-8/h22-29H,9-21,43H2,1-8H3,(H,44,51)(H,45,52). The Morgan fingerprint density at radius 3 is 1.52 bits per heavy atom. The maximum absolute atomic E-state index is 13.8. The molecule has 2 aromatic rings. The molecule has 4 N–H and O–H groups in total. The van der Waals surface area contributed by atoms with Gasteiger partial charge in [0.05, 0.1) is 56.7 Å². The van der Waals surface area contributed by atoms with Gasteiger partial charge in [-0.25, -0.2) is 4.99 Å². The Balaban J connectivity index is 1.37. The second kappa shape index (κ2) is 20.9. The highest BCUT2D eigenvalue weighted by Crippen LogP contribution is 2.37. The Morgan fingerprint density at radius 1 is 0.643 bits per heavy atom. The van der Waals surface area contributed by atoms with E-state index in [9.17, 15) is 19.2 Å². The number of amides is 2. The lowest BCUT2D eigenvalue weighted by Gasteiger charge is -2.29. The lowest BCUT2D eigenvalue weighted by Crippen LogP contribution is -2.38. The van der Waals surface area contributed by atoms with Gasteiger partial charge in [0.1, 0.15) is 23.0 Å². The van der Waals surface area contributed by atoms with Crippen molar-refractivity contribution in [2.45, 2.75) is 82.7 Å². The van der Waals surface area contributed by atoms with E-state index in [2.05, 4.69) is 10.6 Å². The van der Waals surface area contributed by atoms with Crippen molar-refractivity contribution in [3.05, 3.63) is 46.5 Å². The summed E-state index contributed by atoms with van der Waals surface area (Å²) in [5.74, 6) is 1.76. The first-order valence-electron chi connectivity index (χ1n) is 19.6. The molecule has 2 aliphatic rings. The molecule has 308 valence electrons. The first-order chi connectivity index (χ1) is 26.8. The number of ketones is 2. The number of hydrogen-bond acceptors (Lipinski definition) is 10. The van der Waals surface area contributed by atoms with Gasteiger partial charge in [-0.1, -0.05) is 0 Å². The van der Waals surface area contributed by atoms with Crippen LogP contribution in [-0.2, 0) is 0 Å². The maximum atomic E-state index is 13.8. The van der Waals surface area contributed by atoms with Crippen LogP contribution < -0.4 is 35.3 Å². The van der Waals surface area contributed by atoms with Crippen LogP contribution in [0, 0.1) is 11.8 Å². The van der Waals surface area contributed by atoms with Gasteiger partial charge in [-0.05, 0) is 88.3 Å². The van der Waals surface area contributed by atoms with Crippen molar-refractivity contribution in [2.75, 3.05) is 69.7 Å². The summed E-state index contributed by atoms with van der Waals surface area (Å²) in [6.07, 6.45) is 7.75. The molecule has 0 aromatic heterocycles. The summed E-state index contributed by atoms with van der Waals surface area (Å²) < 4.78 is 22.1. The Kier molecular flexibility index (Phi) is 16.4. The lowest BCUT2D eigenvalue weighted by atomic mass is 9.81. The highest BCUT2D eigenvalue weighted by molar-refractivity contribution is 6.05. The van der Waals surface area contributed by atoms with Crippen LogP contribution in [0.1, 0.15) is 112 Å². The second-order valence-corrected chi connectivity index (χ2v) is 15.2. The highest BCUT2D eigenvalue weighted by atomic mass is 16.5. The molecule has 0 heterocycles. The first-order valence-corrected chi connectivity index (χ1v) is 19.6. The number of carbonyl (C=O) groups excluding carboxylic acids is 4. The van der Waals surface area contributed by atoms with Crippen LogP contribution in [0.4, 0.5) is 0 Å². The number of methoxy groups -OCH3 is 4. The van der Waals surface area contributed by atoms with Gasteiger partial charge >= 0.3 is 0 Å². The predicted octanol–water partition coefficient (Wildman–Crippen LogP) is 4.97. The third-order valence-corrected chi connectivity index (χ3v) is 10.8. The molecule has 0 aliphatic heterocycles. The zero-order chi connectivity index (χ0) is 40.9. The summed E-state index contributed by atoms with van der Waals surface area (Å²) >= 11 is 0. The Hall–Kier alpha value is -4.85. The van der Waals surface area contributed by atoms with Gasteiger partial charge in [0.15, 0.2) is 17.5 Å². The highest BCUT2D eigenvalue weighted by Gasteiger charge is 2.30. The quantitative estimate of drug-likeness (QED) is 0.0857. The van der Waals surface area contributed by atoms with Gasteiger partial charge in [-0.3, -0.25) is 19.2 Å². The zero-order valence-corrected chi connectivity index (χ0v) is 34.5. The molecule has 4 rings (SSSR count). The van der Waals surface area contributed by atoms with E-state index in [0.29, 0.717) is 79.3 Å². The molecule has 0 saturated heterocycles. The number of nitrogens with one attached hydrogen (secondary N) is 2. The topological polar surface area (TPSA) is 174 Å². The minimum absolute atomic E-state index is 0.0446. The van der Waals surface area contributed by atoms with Gasteiger partial charge in [0.25, 0.3) is 11.8 Å². The van der Waals surface area contributed by atoms with E-state index >= 15 is 0 Å². The molecule has 0 atom stereocenters. The molecule has 0 spiro atoms. The Labute approximate surface area is 331 Å². The molecular formula is C42H62N6O8. The third kappa shape index (κ3) is 11.4. The van der Waals surface area contributed by atoms with E-state index in [1.807, 2.05) is 38.0 Å². The van der Waals surface area contributed by atoms with Crippen LogP contribution in [0.3, 0.4) is 0 Å². The zero-order valence-electron chi connectivity index (χ0n) is 34.5. The van der Waals surface area contributed by atoms with Gasteiger partial charge < -0.3 is 45.1 Å². The minimum Gasteiger partial charge on any atom is -0.496 e. The average Bonchev–Trinajstić information content (AvgIpc) is 3.19. The summed E-state index contributed by atoms with van der Waals surface area (Å²) in [5, 5.41) is 5.91. The van der Waals surface area contributed by atoms with E-state index in [1.165, 1.54) is 40.6 Å². The number of Topliss-reactive ketones (excluding diaryl/α,β-unsaturated/α-hetero) is 2. The SMILES string of the molecule is COc1cc(OC)c(C(=O)CC2CCC(NC(=O)c3cc(C(=O)NCCCN)c(OC)cc3OC)CC2)cc1C(=O)CC1CCC(N=C(N(C)C)N(C)C)CC1. The average molecular weight is 779 g/mol. The molecule has 0 radical (unpaired) electrons. The van der Waals surface area contributed by atoms with Crippen LogP contribution in [0.5, 0.6) is 23.0 Å². The molecule has 2 amide bonds. The van der Waals surface area contributed by atoms with Gasteiger partial charge in [0, 0.05) is 65.8 Å². The van der Waals surface area contributed by atoms with Crippen molar-refractivity contribution in [2.24, 2.45) is 22.6 Å². The Morgan fingerprint density at radius 2 is 1.07 bits per heavy atom. The smallest absolute Gasteiger partial charge is 0.255 e. The number of benzene rings is 2. The van der Waals surface area contributed by atoms with Gasteiger partial charge in [-0.15, -0.1) is 0 Å². The Bertz CT molecular complexity index is 1700. The number of rotatable bonds is 17. The molecular weight excluding hydrogens is 716 g/mol. The van der Waals surface area contributed by atoms with Gasteiger partial charge in [-0.2, -0.15) is 0 Å². The monoisotopic (exact) mass is 778 g/mol. The molecule has 0 unspecified atom stereocenters. The largest absolute Gasteiger partial charge is 0.496 e. The second-order valence-electron chi connectivity index (χ2n) is 15.2. The van der Waals surface area contributed by atoms with Crippen LogP contribution in [0.2, 0.25) is 0 Å². The molecule has 56 heavy (non-hydrogen) atoms. The molecule has 0 bridgehead atoms. The number of carbonyl (C=O) groups is 4. The van der Waals surface area contributed by atoms with Crippen LogP contribution in [0.25, 0.3) is 0 Å². The fourth-order valence-electron chi connectivity index (χ4n) is 7.78. The number of nitrogens with zero attached hydrogens (tertiary/aromatic N) is 3. The normalized spacial score (nSPS) is 19.2. The number of aliphatic imine (C=N–C) groups is 1. The summed E-state index contributed by atoms with van der Waals surface area (Å²) in [6.45, 7) is 0.839. The molecule has 14 heteroatoms. The van der Waals surface area contributed by atoms with Crippen molar-refractivity contribution in [3.8, 4) is 23.0 Å². The van der Waals surface area contributed by atoms with E-state index in [0.717, 1.165) is 44.5 Å². The van der Waals surface area contributed by atoms with Crippen molar-refractivity contribution >= 4 is 29.3 Å². The molecule has 2 aliphatic carbocycles.